The molecule has 0 radical (unpaired) electrons. The van der Waals surface area contributed by atoms with Crippen LogP contribution in [-0.2, 0) is 11.8 Å². The average Bonchev–Trinajstić information content (AvgIpc) is 2.55. The number of methoxy groups -OCH3 is 1. The Morgan fingerprint density at radius 1 is 1.50 bits per heavy atom. The van der Waals surface area contributed by atoms with Crippen molar-refractivity contribution in [3.63, 3.8) is 0 Å². The van der Waals surface area contributed by atoms with E-state index in [2.05, 4.69) is 5.10 Å². The first-order chi connectivity index (χ1) is 7.35. The summed E-state index contributed by atoms with van der Waals surface area (Å²) in [5.74, 6) is 0.701. The highest BCUT2D eigenvalue weighted by molar-refractivity contribution is 5.27. The minimum Gasteiger partial charge on any atom is -0.493 e. The van der Waals surface area contributed by atoms with Crippen LogP contribution in [0.5, 0.6) is 5.75 Å². The lowest BCUT2D eigenvalue weighted by Crippen LogP contribution is -2.27. The number of ether oxygens (including phenoxy) is 2. The van der Waals surface area contributed by atoms with Gasteiger partial charge in [0.05, 0.1) is 37.3 Å². The summed E-state index contributed by atoms with van der Waals surface area (Å²) in [6.07, 6.45) is 1.66. The number of aromatic nitrogens is 2. The molecule has 0 fully saturated rings. The standard InChI is InChI=1S/C11H21N3O2/c1-11(2,3)16-7-8(12)10-9(15-5)6-13-14(10)4/h6,8H,7,12H2,1-5H3. The smallest absolute Gasteiger partial charge is 0.161 e. The van der Waals surface area contributed by atoms with E-state index in [0.29, 0.717) is 12.4 Å². The van der Waals surface area contributed by atoms with Crippen LogP contribution in [-0.4, -0.2) is 29.1 Å². The van der Waals surface area contributed by atoms with Crippen LogP contribution < -0.4 is 10.5 Å². The molecule has 1 unspecified atom stereocenters. The Balaban J connectivity index is 2.72. The van der Waals surface area contributed by atoms with Crippen LogP contribution in [0.15, 0.2) is 6.20 Å². The van der Waals surface area contributed by atoms with Crippen molar-refractivity contribution in [2.75, 3.05) is 13.7 Å². The second-order valence-electron chi connectivity index (χ2n) is 4.75. The minimum atomic E-state index is -0.235. The molecular weight excluding hydrogens is 206 g/mol. The van der Waals surface area contributed by atoms with Crippen LogP contribution >= 0.6 is 0 Å². The van der Waals surface area contributed by atoms with Gasteiger partial charge in [0.25, 0.3) is 0 Å². The van der Waals surface area contributed by atoms with Crippen molar-refractivity contribution in [2.45, 2.75) is 32.4 Å². The van der Waals surface area contributed by atoms with Crippen LogP contribution in [0.4, 0.5) is 0 Å². The molecule has 0 aliphatic rings. The Morgan fingerprint density at radius 3 is 2.62 bits per heavy atom. The third-order valence-corrected chi connectivity index (χ3v) is 2.22. The lowest BCUT2D eigenvalue weighted by molar-refractivity contribution is -0.0112. The van der Waals surface area contributed by atoms with Gasteiger partial charge in [-0.2, -0.15) is 5.10 Å². The summed E-state index contributed by atoms with van der Waals surface area (Å²) in [4.78, 5) is 0. The van der Waals surface area contributed by atoms with Gasteiger partial charge < -0.3 is 15.2 Å². The lowest BCUT2D eigenvalue weighted by Gasteiger charge is -2.22. The van der Waals surface area contributed by atoms with Gasteiger partial charge in [-0.1, -0.05) is 0 Å². The molecule has 16 heavy (non-hydrogen) atoms. The Bertz CT molecular complexity index is 341. The second kappa shape index (κ2) is 4.84. The summed E-state index contributed by atoms with van der Waals surface area (Å²) in [5.41, 5.74) is 6.72. The van der Waals surface area contributed by atoms with E-state index in [1.54, 1.807) is 18.0 Å². The largest absolute Gasteiger partial charge is 0.493 e. The zero-order chi connectivity index (χ0) is 12.3. The second-order valence-corrected chi connectivity index (χ2v) is 4.75. The number of nitrogens with two attached hydrogens (primary N) is 1. The monoisotopic (exact) mass is 227 g/mol. The fraction of sp³-hybridized carbons (Fsp3) is 0.727. The first-order valence-corrected chi connectivity index (χ1v) is 5.30. The van der Waals surface area contributed by atoms with Crippen molar-refractivity contribution in [1.29, 1.82) is 0 Å². The number of aryl methyl sites for hydroxylation is 1. The normalized spacial score (nSPS) is 13.9. The Labute approximate surface area is 96.5 Å². The van der Waals surface area contributed by atoms with Crippen molar-refractivity contribution >= 4 is 0 Å². The molecule has 0 aliphatic heterocycles. The van der Waals surface area contributed by atoms with Gasteiger partial charge in [0.2, 0.25) is 0 Å². The third-order valence-electron chi connectivity index (χ3n) is 2.22. The van der Waals surface area contributed by atoms with Gasteiger partial charge in [0.1, 0.15) is 0 Å². The quantitative estimate of drug-likeness (QED) is 0.840. The predicted octanol–water partition coefficient (Wildman–Crippen LogP) is 1.24. The summed E-state index contributed by atoms with van der Waals surface area (Å²) in [6.45, 7) is 6.44. The van der Waals surface area contributed by atoms with Crippen LogP contribution in [0, 0.1) is 0 Å². The number of hydrogen-bond acceptors (Lipinski definition) is 4. The van der Waals surface area contributed by atoms with Gasteiger partial charge in [-0.15, -0.1) is 0 Å². The number of hydrogen-bond donors (Lipinski definition) is 1. The SMILES string of the molecule is COc1cnn(C)c1C(N)COC(C)(C)C. The summed E-state index contributed by atoms with van der Waals surface area (Å²) in [7, 11) is 3.45. The fourth-order valence-corrected chi connectivity index (χ4v) is 1.43. The van der Waals surface area contributed by atoms with E-state index >= 15 is 0 Å². The van der Waals surface area contributed by atoms with Gasteiger partial charge in [-0.3, -0.25) is 4.68 Å². The summed E-state index contributed by atoms with van der Waals surface area (Å²) < 4.78 is 12.6. The van der Waals surface area contributed by atoms with Gasteiger partial charge in [-0.25, -0.2) is 0 Å². The molecule has 0 saturated heterocycles. The minimum absolute atomic E-state index is 0.191. The maximum Gasteiger partial charge on any atom is 0.161 e. The molecule has 1 heterocycles. The molecule has 5 nitrogen and oxygen atoms in total. The van der Waals surface area contributed by atoms with E-state index < -0.39 is 0 Å². The van der Waals surface area contributed by atoms with Crippen molar-refractivity contribution in [1.82, 2.24) is 9.78 Å². The maximum atomic E-state index is 6.06. The highest BCUT2D eigenvalue weighted by Crippen LogP contribution is 2.23. The zero-order valence-electron chi connectivity index (χ0n) is 10.7. The molecular formula is C11H21N3O2. The Kier molecular flexibility index (Phi) is 3.93. The molecule has 2 N–H and O–H groups in total. The molecule has 0 amide bonds. The van der Waals surface area contributed by atoms with Gasteiger partial charge in [-0.05, 0) is 20.8 Å². The van der Waals surface area contributed by atoms with Crippen molar-refractivity contribution in [2.24, 2.45) is 12.8 Å². The third kappa shape index (κ3) is 3.21. The van der Waals surface area contributed by atoms with Crippen LogP contribution in [0.25, 0.3) is 0 Å². The van der Waals surface area contributed by atoms with Gasteiger partial charge in [0.15, 0.2) is 5.75 Å². The van der Waals surface area contributed by atoms with Crippen molar-refractivity contribution < 1.29 is 9.47 Å². The molecule has 0 aromatic carbocycles. The average molecular weight is 227 g/mol. The molecule has 1 atom stereocenters. The van der Waals surface area contributed by atoms with E-state index in [1.807, 2.05) is 27.8 Å². The van der Waals surface area contributed by atoms with Crippen molar-refractivity contribution in [3.8, 4) is 5.75 Å². The Hall–Kier alpha value is -1.07. The zero-order valence-corrected chi connectivity index (χ0v) is 10.7. The Morgan fingerprint density at radius 2 is 2.12 bits per heavy atom. The molecule has 1 aromatic heterocycles. The van der Waals surface area contributed by atoms with E-state index in [4.69, 9.17) is 15.2 Å². The van der Waals surface area contributed by atoms with Gasteiger partial charge in [0, 0.05) is 7.05 Å². The fourth-order valence-electron chi connectivity index (χ4n) is 1.43. The molecule has 5 heteroatoms. The number of nitrogens with zero attached hydrogens (tertiary/aromatic N) is 2. The van der Waals surface area contributed by atoms with Gasteiger partial charge >= 0.3 is 0 Å². The molecule has 0 spiro atoms. The van der Waals surface area contributed by atoms with E-state index in [1.165, 1.54) is 0 Å². The molecule has 0 aliphatic carbocycles. The summed E-state index contributed by atoms with van der Waals surface area (Å²) in [5, 5.41) is 4.11. The van der Waals surface area contributed by atoms with E-state index in [9.17, 15) is 0 Å². The first kappa shape index (κ1) is 13.0. The summed E-state index contributed by atoms with van der Waals surface area (Å²) in [6, 6.07) is -0.235. The highest BCUT2D eigenvalue weighted by Gasteiger charge is 2.20. The van der Waals surface area contributed by atoms with Crippen LogP contribution in [0.3, 0.4) is 0 Å². The molecule has 1 rings (SSSR count). The lowest BCUT2D eigenvalue weighted by atomic mass is 10.1. The number of rotatable bonds is 4. The maximum absolute atomic E-state index is 6.06. The molecule has 92 valence electrons. The first-order valence-electron chi connectivity index (χ1n) is 5.30. The van der Waals surface area contributed by atoms with E-state index in [-0.39, 0.29) is 11.6 Å². The van der Waals surface area contributed by atoms with E-state index in [0.717, 1.165) is 5.69 Å². The topological polar surface area (TPSA) is 62.3 Å². The predicted molar refractivity (Wildman–Crippen MR) is 62.4 cm³/mol. The molecule has 0 bridgehead atoms. The van der Waals surface area contributed by atoms with Crippen LogP contribution in [0.1, 0.15) is 32.5 Å². The molecule has 0 saturated carbocycles. The van der Waals surface area contributed by atoms with Crippen LogP contribution in [0.2, 0.25) is 0 Å². The summed E-state index contributed by atoms with van der Waals surface area (Å²) >= 11 is 0. The molecule has 1 aromatic rings. The van der Waals surface area contributed by atoms with Crippen molar-refractivity contribution in [3.05, 3.63) is 11.9 Å². The highest BCUT2D eigenvalue weighted by atomic mass is 16.5.